The first-order valence-electron chi connectivity index (χ1n) is 2.70. The van der Waals surface area contributed by atoms with Gasteiger partial charge in [-0.15, -0.1) is 0 Å². The van der Waals surface area contributed by atoms with Gasteiger partial charge in [0.15, 0.2) is 0 Å². The molecule has 56 valence electrons. The Morgan fingerprint density at radius 2 is 2.00 bits per heavy atom. The summed E-state index contributed by atoms with van der Waals surface area (Å²) in [4.78, 5) is 6.33. The van der Waals surface area contributed by atoms with Crippen LogP contribution in [-0.2, 0) is 4.18 Å². The van der Waals surface area contributed by atoms with E-state index in [0.29, 0.717) is 0 Å². The summed E-state index contributed by atoms with van der Waals surface area (Å²) in [5.41, 5.74) is 0. The molecule has 0 bridgehead atoms. The molecule has 0 aromatic carbocycles. The Bertz CT molecular complexity index is 101. The quantitative estimate of drug-likeness (QED) is 0.447. The van der Waals surface area contributed by atoms with Crippen molar-refractivity contribution in [3.63, 3.8) is 0 Å². The summed E-state index contributed by atoms with van der Waals surface area (Å²) < 4.78 is 16.3. The average molecular weight is 571 g/mol. The Labute approximate surface area is 103 Å². The molecule has 0 spiro atoms. The molecule has 0 atom stereocenters. The van der Waals surface area contributed by atoms with E-state index in [2.05, 4.69) is 14.8 Å². The van der Waals surface area contributed by atoms with Gasteiger partial charge in [-0.2, -0.15) is 0 Å². The SMILES string of the molecule is [CH3][Sn]([O][Sn])[O][Sn]([CH3])([CH3])[O][Sb]. The van der Waals surface area contributed by atoms with Gasteiger partial charge < -0.3 is 0 Å². The van der Waals surface area contributed by atoms with Crippen molar-refractivity contribution >= 4 is 86.2 Å². The van der Waals surface area contributed by atoms with Crippen LogP contribution >= 0.6 is 0 Å². The third-order valence-electron chi connectivity index (χ3n) is 0.753. The summed E-state index contributed by atoms with van der Waals surface area (Å²) >= 11 is -1.73. The maximum absolute atomic E-state index is 5.73. The van der Waals surface area contributed by atoms with Crippen molar-refractivity contribution in [1.29, 1.82) is 0 Å². The summed E-state index contributed by atoms with van der Waals surface area (Å²) in [6.45, 7) is 0. The fraction of sp³-hybridized carbons (Fsp3) is 1.00. The molecule has 0 saturated carbocycles. The van der Waals surface area contributed by atoms with Crippen molar-refractivity contribution in [1.82, 2.24) is 0 Å². The van der Waals surface area contributed by atoms with Crippen LogP contribution in [0.25, 0.3) is 0 Å². The molecule has 6 radical (unpaired) electrons. The van der Waals surface area contributed by atoms with E-state index in [4.69, 9.17) is 4.18 Å². The van der Waals surface area contributed by atoms with E-state index in [-0.39, 0.29) is 0 Å². The Hall–Kier alpha value is 3.09. The zero-order chi connectivity index (χ0) is 8.20. The van der Waals surface area contributed by atoms with E-state index in [0.717, 1.165) is 22.9 Å². The third kappa shape index (κ3) is 6.59. The van der Waals surface area contributed by atoms with Gasteiger partial charge in [-0.25, -0.2) is 0 Å². The Balaban J connectivity index is 3.64. The first kappa shape index (κ1) is 13.1. The van der Waals surface area contributed by atoms with Crippen LogP contribution in [0.4, 0.5) is 0 Å². The van der Waals surface area contributed by atoms with Crippen LogP contribution in [0, 0.1) is 0 Å². The van der Waals surface area contributed by atoms with Crippen molar-refractivity contribution in [3.8, 4) is 0 Å². The summed E-state index contributed by atoms with van der Waals surface area (Å²) in [5.74, 6) is 0. The van der Waals surface area contributed by atoms with Crippen molar-refractivity contribution in [3.05, 3.63) is 0 Å². The van der Waals surface area contributed by atoms with Gasteiger partial charge in [-0.1, -0.05) is 0 Å². The average Bonchev–Trinajstić information content (AvgIpc) is 1.87. The maximum atomic E-state index is 5.73. The zero-order valence-corrected chi connectivity index (χ0v) is 17.3. The molecule has 0 aromatic heterocycles. The Morgan fingerprint density at radius 1 is 1.50 bits per heavy atom. The Morgan fingerprint density at radius 3 is 2.30 bits per heavy atom. The number of hydrogen-bond donors (Lipinski definition) is 0. The Kier molecular flexibility index (Phi) is 8.56. The van der Waals surface area contributed by atoms with E-state index in [1.807, 2.05) is 0 Å². The predicted octanol–water partition coefficient (Wildman–Crippen LogP) is 0.0230. The minimum atomic E-state index is -2.44. The van der Waals surface area contributed by atoms with Gasteiger partial charge in [0, 0.05) is 0 Å². The van der Waals surface area contributed by atoms with Crippen molar-refractivity contribution < 1.29 is 4.18 Å². The standard InChI is InChI=1S/3CH3.3O.Sb.3Sn/h3*1H3;;;;;;;. The second-order valence-electron chi connectivity index (χ2n) is 2.19. The van der Waals surface area contributed by atoms with Gasteiger partial charge in [-0.3, -0.25) is 0 Å². The van der Waals surface area contributed by atoms with Crippen LogP contribution in [0.15, 0.2) is 0 Å². The molecule has 0 fully saturated rings. The molecule has 0 aromatic rings. The van der Waals surface area contributed by atoms with Crippen molar-refractivity contribution in [2.45, 2.75) is 14.8 Å². The number of rotatable bonds is 4. The molecule has 0 saturated heterocycles. The molecule has 0 amide bonds. The summed E-state index contributed by atoms with van der Waals surface area (Å²) in [6.07, 6.45) is 0. The fourth-order valence-electron chi connectivity index (χ4n) is 0.386. The molecule has 0 aliphatic carbocycles. The second kappa shape index (κ2) is 6.53. The minimum absolute atomic E-state index is 1.13. The van der Waals surface area contributed by atoms with Gasteiger partial charge >= 0.3 is 105 Å². The van der Waals surface area contributed by atoms with Gasteiger partial charge in [0.2, 0.25) is 0 Å². The van der Waals surface area contributed by atoms with Gasteiger partial charge in [0.1, 0.15) is 0 Å². The molecular formula is C3H9O3SbSn3. The van der Waals surface area contributed by atoms with Crippen LogP contribution in [0.1, 0.15) is 0 Å². The molecule has 7 heteroatoms. The summed E-state index contributed by atoms with van der Waals surface area (Å²) in [6, 6.07) is 0. The zero-order valence-electron chi connectivity index (χ0n) is 6.17. The fourth-order valence-corrected chi connectivity index (χ4v) is 27.5. The van der Waals surface area contributed by atoms with Crippen LogP contribution in [0.5, 0.6) is 0 Å². The van der Waals surface area contributed by atoms with Crippen LogP contribution in [0.3, 0.4) is 0 Å². The summed E-state index contributed by atoms with van der Waals surface area (Å²) in [5, 5.41) is 0. The van der Waals surface area contributed by atoms with Crippen LogP contribution in [-0.4, -0.2) is 86.2 Å². The molecule has 10 heavy (non-hydrogen) atoms. The van der Waals surface area contributed by atoms with Crippen LogP contribution in [0.2, 0.25) is 14.8 Å². The number of hydrogen-bond acceptors (Lipinski definition) is 3. The van der Waals surface area contributed by atoms with Crippen molar-refractivity contribution in [2.75, 3.05) is 0 Å². The van der Waals surface area contributed by atoms with Crippen molar-refractivity contribution in [2.24, 2.45) is 0 Å². The van der Waals surface area contributed by atoms with E-state index in [1.54, 1.807) is 0 Å². The van der Waals surface area contributed by atoms with Gasteiger partial charge in [-0.05, 0) is 0 Å². The van der Waals surface area contributed by atoms with Gasteiger partial charge in [0.25, 0.3) is 0 Å². The van der Waals surface area contributed by atoms with E-state index in [1.165, 1.54) is 23.4 Å². The van der Waals surface area contributed by atoms with E-state index >= 15 is 0 Å². The molecule has 3 nitrogen and oxygen atoms in total. The molecule has 0 heterocycles. The summed E-state index contributed by atoms with van der Waals surface area (Å²) in [7, 11) is 0. The molecule has 0 N–H and O–H groups in total. The predicted molar refractivity (Wildman–Crippen MR) is 43.9 cm³/mol. The molecule has 0 rings (SSSR count). The first-order chi connectivity index (χ1) is 4.52. The van der Waals surface area contributed by atoms with Crippen LogP contribution < -0.4 is 0 Å². The second-order valence-corrected chi connectivity index (χ2v) is 26.0. The molecule has 0 aliphatic rings. The first-order valence-corrected chi connectivity index (χ1v) is 18.1. The van der Waals surface area contributed by atoms with E-state index in [9.17, 15) is 0 Å². The monoisotopic (exact) mass is 574 g/mol. The molecule has 0 unspecified atom stereocenters. The van der Waals surface area contributed by atoms with Gasteiger partial charge in [0.05, 0.1) is 0 Å². The third-order valence-corrected chi connectivity index (χ3v) is 33.9. The van der Waals surface area contributed by atoms with E-state index < -0.39 is 39.8 Å². The molecule has 0 aliphatic heterocycles. The molecular weight excluding hydrogens is 562 g/mol. The topological polar surface area (TPSA) is 27.7 Å². The normalized spacial score (nSPS) is 12.6.